The van der Waals surface area contributed by atoms with E-state index < -0.39 is 0 Å². The van der Waals surface area contributed by atoms with Crippen LogP contribution >= 0.6 is 0 Å². The van der Waals surface area contributed by atoms with Crippen LogP contribution in [0.15, 0.2) is 0 Å². The molecule has 1 aliphatic heterocycles. The standard InChI is InChI=1S/C13H26N2O/c1-3-11-10-15(9-8-14(11)2)12-6-4-5-7-13(12)16/h11-13,16H,3-10H2,1-2H3/t11?,12-,13-/m1/s1. The lowest BCUT2D eigenvalue weighted by molar-refractivity contribution is -0.0167. The smallest absolute Gasteiger partial charge is 0.0695 e. The Morgan fingerprint density at radius 3 is 2.62 bits per heavy atom. The van der Waals surface area contributed by atoms with Crippen molar-refractivity contribution in [1.29, 1.82) is 0 Å². The van der Waals surface area contributed by atoms with Gasteiger partial charge in [0.05, 0.1) is 6.10 Å². The molecule has 1 aliphatic carbocycles. The van der Waals surface area contributed by atoms with Gasteiger partial charge in [0, 0.05) is 31.7 Å². The summed E-state index contributed by atoms with van der Waals surface area (Å²) >= 11 is 0. The van der Waals surface area contributed by atoms with E-state index in [0.717, 1.165) is 26.1 Å². The summed E-state index contributed by atoms with van der Waals surface area (Å²) in [5, 5.41) is 10.1. The third-order valence-corrected chi connectivity index (χ3v) is 4.44. The Balaban J connectivity index is 1.93. The minimum atomic E-state index is -0.0744. The molecule has 0 amide bonds. The average Bonchev–Trinajstić information content (AvgIpc) is 2.31. The first-order valence-electron chi connectivity index (χ1n) is 6.84. The van der Waals surface area contributed by atoms with E-state index in [4.69, 9.17) is 0 Å². The number of rotatable bonds is 2. The molecule has 3 nitrogen and oxygen atoms in total. The Kier molecular flexibility index (Phi) is 4.22. The number of likely N-dealkylation sites (N-methyl/N-ethyl adjacent to an activating group) is 1. The lowest BCUT2D eigenvalue weighted by Gasteiger charge is -2.45. The van der Waals surface area contributed by atoms with Crippen molar-refractivity contribution < 1.29 is 5.11 Å². The number of aliphatic hydroxyl groups excluding tert-OH is 1. The molecule has 3 atom stereocenters. The van der Waals surface area contributed by atoms with Gasteiger partial charge in [0.1, 0.15) is 0 Å². The SMILES string of the molecule is CCC1CN([C@@H]2CCCC[C@H]2O)CCN1C. The molecule has 0 spiro atoms. The molecule has 2 aliphatic rings. The Bertz CT molecular complexity index is 222. The van der Waals surface area contributed by atoms with Crippen LogP contribution in [0.3, 0.4) is 0 Å². The fourth-order valence-electron chi connectivity index (χ4n) is 3.23. The highest BCUT2D eigenvalue weighted by Gasteiger charge is 2.32. The molecule has 0 radical (unpaired) electrons. The highest BCUT2D eigenvalue weighted by atomic mass is 16.3. The molecule has 2 fully saturated rings. The van der Waals surface area contributed by atoms with Crippen LogP contribution in [-0.4, -0.2) is 59.8 Å². The molecule has 94 valence electrons. The van der Waals surface area contributed by atoms with Gasteiger partial charge >= 0.3 is 0 Å². The van der Waals surface area contributed by atoms with Crippen LogP contribution in [-0.2, 0) is 0 Å². The number of piperazine rings is 1. The predicted octanol–water partition coefficient (Wildman–Crippen LogP) is 1.32. The molecule has 0 aromatic carbocycles. The molecule has 1 N–H and O–H groups in total. The van der Waals surface area contributed by atoms with Crippen molar-refractivity contribution in [1.82, 2.24) is 9.80 Å². The minimum absolute atomic E-state index is 0.0744. The molecule has 16 heavy (non-hydrogen) atoms. The van der Waals surface area contributed by atoms with Gasteiger partial charge in [-0.15, -0.1) is 0 Å². The van der Waals surface area contributed by atoms with Crippen LogP contribution in [0.5, 0.6) is 0 Å². The molecule has 1 saturated carbocycles. The minimum Gasteiger partial charge on any atom is -0.391 e. The van der Waals surface area contributed by atoms with E-state index in [1.165, 1.54) is 25.7 Å². The van der Waals surface area contributed by atoms with Crippen LogP contribution in [0.25, 0.3) is 0 Å². The normalized spacial score (nSPS) is 38.8. The fourth-order valence-corrected chi connectivity index (χ4v) is 3.23. The monoisotopic (exact) mass is 226 g/mol. The van der Waals surface area contributed by atoms with E-state index in [1.807, 2.05) is 0 Å². The number of hydrogen-bond acceptors (Lipinski definition) is 3. The summed E-state index contributed by atoms with van der Waals surface area (Å²) in [6, 6.07) is 1.12. The van der Waals surface area contributed by atoms with Gasteiger partial charge in [-0.25, -0.2) is 0 Å². The maximum Gasteiger partial charge on any atom is 0.0695 e. The fraction of sp³-hybridized carbons (Fsp3) is 1.00. The quantitative estimate of drug-likeness (QED) is 0.769. The lowest BCUT2D eigenvalue weighted by atomic mass is 9.90. The molecule has 1 saturated heterocycles. The Labute approximate surface area is 99.4 Å². The molecule has 0 bridgehead atoms. The zero-order valence-electron chi connectivity index (χ0n) is 10.7. The lowest BCUT2D eigenvalue weighted by Crippen LogP contribution is -2.57. The second kappa shape index (κ2) is 5.48. The molecule has 1 unspecified atom stereocenters. The van der Waals surface area contributed by atoms with E-state index in [-0.39, 0.29) is 6.10 Å². The van der Waals surface area contributed by atoms with Crippen molar-refractivity contribution in [3.05, 3.63) is 0 Å². The average molecular weight is 226 g/mol. The van der Waals surface area contributed by atoms with Gasteiger partial charge in [-0.3, -0.25) is 4.90 Å². The summed E-state index contributed by atoms with van der Waals surface area (Å²) in [6.07, 6.45) is 5.85. The zero-order chi connectivity index (χ0) is 11.5. The molecule has 3 heteroatoms. The summed E-state index contributed by atoms with van der Waals surface area (Å²) in [5.74, 6) is 0. The van der Waals surface area contributed by atoms with Gasteiger partial charge in [0.25, 0.3) is 0 Å². The van der Waals surface area contributed by atoms with Gasteiger partial charge in [-0.1, -0.05) is 19.8 Å². The van der Waals surface area contributed by atoms with Crippen molar-refractivity contribution in [2.75, 3.05) is 26.7 Å². The van der Waals surface area contributed by atoms with Gasteiger partial charge in [0.2, 0.25) is 0 Å². The molecule has 0 aromatic rings. The van der Waals surface area contributed by atoms with E-state index in [2.05, 4.69) is 23.8 Å². The Morgan fingerprint density at radius 2 is 1.94 bits per heavy atom. The van der Waals surface area contributed by atoms with Gasteiger partial charge in [-0.05, 0) is 26.3 Å². The summed E-state index contributed by atoms with van der Waals surface area (Å²) in [7, 11) is 2.23. The first-order chi connectivity index (χ1) is 7.72. The maximum atomic E-state index is 10.1. The number of aliphatic hydroxyl groups is 1. The number of nitrogens with zero attached hydrogens (tertiary/aromatic N) is 2. The predicted molar refractivity (Wildman–Crippen MR) is 66.5 cm³/mol. The van der Waals surface area contributed by atoms with Crippen LogP contribution < -0.4 is 0 Å². The van der Waals surface area contributed by atoms with Crippen LogP contribution in [0.1, 0.15) is 39.0 Å². The summed E-state index contributed by atoms with van der Waals surface area (Å²) in [5.41, 5.74) is 0. The van der Waals surface area contributed by atoms with Crippen LogP contribution in [0, 0.1) is 0 Å². The largest absolute Gasteiger partial charge is 0.391 e. The third-order valence-electron chi connectivity index (χ3n) is 4.44. The maximum absolute atomic E-state index is 10.1. The van der Waals surface area contributed by atoms with Crippen molar-refractivity contribution in [2.45, 2.75) is 57.2 Å². The highest BCUT2D eigenvalue weighted by molar-refractivity contribution is 4.88. The van der Waals surface area contributed by atoms with Gasteiger partial charge < -0.3 is 10.0 Å². The third kappa shape index (κ3) is 2.58. The first-order valence-corrected chi connectivity index (χ1v) is 6.84. The topological polar surface area (TPSA) is 26.7 Å². The first kappa shape index (κ1) is 12.3. The molecule has 2 rings (SSSR count). The Morgan fingerprint density at radius 1 is 1.19 bits per heavy atom. The van der Waals surface area contributed by atoms with E-state index >= 15 is 0 Å². The summed E-state index contributed by atoms with van der Waals surface area (Å²) < 4.78 is 0. The van der Waals surface area contributed by atoms with Gasteiger partial charge in [0.15, 0.2) is 0 Å². The molecule has 0 aromatic heterocycles. The van der Waals surface area contributed by atoms with Crippen molar-refractivity contribution >= 4 is 0 Å². The molecule has 1 heterocycles. The van der Waals surface area contributed by atoms with E-state index in [0.29, 0.717) is 12.1 Å². The molecular formula is C13H26N2O. The number of hydrogen-bond donors (Lipinski definition) is 1. The van der Waals surface area contributed by atoms with Gasteiger partial charge in [-0.2, -0.15) is 0 Å². The Hall–Kier alpha value is -0.120. The van der Waals surface area contributed by atoms with Crippen LogP contribution in [0.2, 0.25) is 0 Å². The van der Waals surface area contributed by atoms with Crippen molar-refractivity contribution in [3.8, 4) is 0 Å². The van der Waals surface area contributed by atoms with Crippen LogP contribution in [0.4, 0.5) is 0 Å². The zero-order valence-corrected chi connectivity index (χ0v) is 10.7. The summed E-state index contributed by atoms with van der Waals surface area (Å²) in [4.78, 5) is 5.00. The van der Waals surface area contributed by atoms with E-state index in [9.17, 15) is 5.11 Å². The summed E-state index contributed by atoms with van der Waals surface area (Å²) in [6.45, 7) is 5.70. The second-order valence-corrected chi connectivity index (χ2v) is 5.46. The highest BCUT2D eigenvalue weighted by Crippen LogP contribution is 2.25. The molecular weight excluding hydrogens is 200 g/mol. The van der Waals surface area contributed by atoms with E-state index in [1.54, 1.807) is 0 Å². The second-order valence-electron chi connectivity index (χ2n) is 5.46. The van der Waals surface area contributed by atoms with Crippen molar-refractivity contribution in [2.24, 2.45) is 0 Å². The van der Waals surface area contributed by atoms with Crippen molar-refractivity contribution in [3.63, 3.8) is 0 Å².